The van der Waals surface area contributed by atoms with E-state index in [2.05, 4.69) is 39.7 Å². The van der Waals surface area contributed by atoms with Crippen molar-refractivity contribution in [3.8, 4) is 0 Å². The molecule has 134 valence electrons. The van der Waals surface area contributed by atoms with Crippen molar-refractivity contribution in [1.29, 1.82) is 0 Å². The van der Waals surface area contributed by atoms with E-state index in [4.69, 9.17) is 0 Å². The highest BCUT2D eigenvalue weighted by Crippen LogP contribution is 2.36. The molecule has 1 aromatic carbocycles. The van der Waals surface area contributed by atoms with E-state index in [0.717, 1.165) is 12.1 Å². The number of hydrogen-bond acceptors (Lipinski definition) is 2. The minimum atomic E-state index is -0.256. The van der Waals surface area contributed by atoms with Crippen LogP contribution in [0.25, 0.3) is 0 Å². The van der Waals surface area contributed by atoms with Crippen molar-refractivity contribution in [2.24, 2.45) is 0 Å². The Hall–Kier alpha value is -2.17. The summed E-state index contributed by atoms with van der Waals surface area (Å²) in [5.74, 6) is -0.107. The molecule has 1 atom stereocenters. The highest BCUT2D eigenvalue weighted by molar-refractivity contribution is 5.93. The quantitative estimate of drug-likeness (QED) is 0.824. The SMILES string of the molecule is CC(C)c1cc(C(=O)N2CCC2c2ccccc2F)nn1C(C)(C)C. The number of aromatic nitrogens is 2. The summed E-state index contributed by atoms with van der Waals surface area (Å²) in [7, 11) is 0. The standard InChI is InChI=1S/C20H26FN3O/c1-13(2)18-12-16(22-24(18)20(3,4)5)19(25)23-11-10-17(23)14-8-6-7-9-15(14)21/h6-9,12-13,17H,10-11H2,1-5H3. The lowest BCUT2D eigenvalue weighted by molar-refractivity contribution is 0.0445. The molecule has 2 aromatic rings. The van der Waals surface area contributed by atoms with E-state index < -0.39 is 0 Å². The first-order chi connectivity index (χ1) is 11.7. The average Bonchev–Trinajstić information content (AvgIpc) is 2.94. The molecule has 1 fully saturated rings. The lowest BCUT2D eigenvalue weighted by atomic mass is 9.93. The van der Waals surface area contributed by atoms with Gasteiger partial charge in [0.2, 0.25) is 0 Å². The number of nitrogens with zero attached hydrogens (tertiary/aromatic N) is 3. The highest BCUT2D eigenvalue weighted by atomic mass is 19.1. The molecule has 25 heavy (non-hydrogen) atoms. The van der Waals surface area contributed by atoms with Gasteiger partial charge in [-0.2, -0.15) is 5.10 Å². The molecule has 0 aliphatic carbocycles. The van der Waals surface area contributed by atoms with Crippen LogP contribution in [0.2, 0.25) is 0 Å². The van der Waals surface area contributed by atoms with Gasteiger partial charge in [-0.3, -0.25) is 9.48 Å². The summed E-state index contributed by atoms with van der Waals surface area (Å²) in [6, 6.07) is 8.37. The molecule has 0 saturated carbocycles. The highest BCUT2D eigenvalue weighted by Gasteiger charge is 2.37. The number of likely N-dealkylation sites (tertiary alicyclic amines) is 1. The van der Waals surface area contributed by atoms with E-state index >= 15 is 0 Å². The summed E-state index contributed by atoms with van der Waals surface area (Å²) in [5, 5.41) is 4.59. The first-order valence-electron chi connectivity index (χ1n) is 8.86. The molecule has 1 amide bonds. The van der Waals surface area contributed by atoms with Crippen LogP contribution in [0, 0.1) is 5.82 Å². The van der Waals surface area contributed by atoms with E-state index in [1.165, 1.54) is 6.07 Å². The van der Waals surface area contributed by atoms with Gasteiger partial charge in [-0.05, 0) is 45.2 Å². The van der Waals surface area contributed by atoms with Gasteiger partial charge in [0.1, 0.15) is 5.82 Å². The second-order valence-electron chi connectivity index (χ2n) is 8.02. The van der Waals surface area contributed by atoms with Crippen LogP contribution < -0.4 is 0 Å². The van der Waals surface area contributed by atoms with Crippen LogP contribution >= 0.6 is 0 Å². The normalized spacial score (nSPS) is 17.7. The fraction of sp³-hybridized carbons (Fsp3) is 0.500. The molecule has 0 spiro atoms. The van der Waals surface area contributed by atoms with Gasteiger partial charge in [-0.15, -0.1) is 0 Å². The van der Waals surface area contributed by atoms with E-state index in [9.17, 15) is 9.18 Å². The number of amides is 1. The van der Waals surface area contributed by atoms with Gasteiger partial charge < -0.3 is 4.90 Å². The van der Waals surface area contributed by atoms with Gasteiger partial charge in [0.15, 0.2) is 5.69 Å². The number of hydrogen-bond donors (Lipinski definition) is 0. The Balaban J connectivity index is 1.90. The van der Waals surface area contributed by atoms with E-state index in [-0.39, 0.29) is 29.2 Å². The predicted octanol–water partition coefficient (Wildman–Crippen LogP) is 4.49. The lowest BCUT2D eigenvalue weighted by Crippen LogP contribution is -2.45. The third-order valence-corrected chi connectivity index (χ3v) is 4.73. The first kappa shape index (κ1) is 17.6. The third-order valence-electron chi connectivity index (χ3n) is 4.73. The Labute approximate surface area is 148 Å². The maximum atomic E-state index is 14.1. The van der Waals surface area contributed by atoms with Crippen LogP contribution in [0.1, 0.15) is 74.7 Å². The maximum Gasteiger partial charge on any atom is 0.274 e. The zero-order valence-electron chi connectivity index (χ0n) is 15.6. The Bertz CT molecular complexity index is 788. The van der Waals surface area contributed by atoms with Crippen molar-refractivity contribution < 1.29 is 9.18 Å². The van der Waals surface area contributed by atoms with Crippen molar-refractivity contribution >= 4 is 5.91 Å². The van der Waals surface area contributed by atoms with Crippen LogP contribution in [-0.4, -0.2) is 27.1 Å². The average molecular weight is 343 g/mol. The number of benzene rings is 1. The number of rotatable bonds is 3. The topological polar surface area (TPSA) is 38.1 Å². The van der Waals surface area contributed by atoms with E-state index in [0.29, 0.717) is 17.8 Å². The molecule has 1 aromatic heterocycles. The van der Waals surface area contributed by atoms with Crippen molar-refractivity contribution in [3.05, 3.63) is 53.1 Å². The van der Waals surface area contributed by atoms with E-state index in [1.54, 1.807) is 17.0 Å². The molecular formula is C20H26FN3O. The zero-order chi connectivity index (χ0) is 18.4. The Morgan fingerprint density at radius 2 is 1.96 bits per heavy atom. The molecule has 5 heteroatoms. The predicted molar refractivity (Wildman–Crippen MR) is 96.1 cm³/mol. The fourth-order valence-electron chi connectivity index (χ4n) is 3.29. The van der Waals surface area contributed by atoms with Gasteiger partial charge >= 0.3 is 0 Å². The molecular weight excluding hydrogens is 317 g/mol. The summed E-state index contributed by atoms with van der Waals surface area (Å²) < 4.78 is 16.0. The van der Waals surface area contributed by atoms with Gasteiger partial charge in [0, 0.05) is 17.8 Å². The van der Waals surface area contributed by atoms with Crippen LogP contribution in [0.5, 0.6) is 0 Å². The van der Waals surface area contributed by atoms with Crippen molar-refractivity contribution in [2.75, 3.05) is 6.54 Å². The molecule has 4 nitrogen and oxygen atoms in total. The van der Waals surface area contributed by atoms with E-state index in [1.807, 2.05) is 16.8 Å². The van der Waals surface area contributed by atoms with Gasteiger partial charge in [-0.1, -0.05) is 32.0 Å². The smallest absolute Gasteiger partial charge is 0.274 e. The minimum Gasteiger partial charge on any atom is -0.330 e. The summed E-state index contributed by atoms with van der Waals surface area (Å²) in [4.78, 5) is 14.7. The fourth-order valence-corrected chi connectivity index (χ4v) is 3.29. The summed E-state index contributed by atoms with van der Waals surface area (Å²) in [6.45, 7) is 11.1. The second-order valence-corrected chi connectivity index (χ2v) is 8.02. The van der Waals surface area contributed by atoms with Crippen LogP contribution in [0.15, 0.2) is 30.3 Å². The van der Waals surface area contributed by atoms with Gasteiger partial charge in [0.05, 0.1) is 11.6 Å². The van der Waals surface area contributed by atoms with Crippen LogP contribution in [-0.2, 0) is 5.54 Å². The first-order valence-corrected chi connectivity index (χ1v) is 8.86. The van der Waals surface area contributed by atoms with Crippen LogP contribution in [0.3, 0.4) is 0 Å². The molecule has 0 bridgehead atoms. The molecule has 1 aliphatic rings. The maximum absolute atomic E-state index is 14.1. The van der Waals surface area contributed by atoms with Gasteiger partial charge in [0.25, 0.3) is 5.91 Å². The number of carbonyl (C=O) groups excluding carboxylic acids is 1. The second kappa shape index (κ2) is 6.28. The third kappa shape index (κ3) is 3.20. The molecule has 2 heterocycles. The van der Waals surface area contributed by atoms with Crippen molar-refractivity contribution in [1.82, 2.24) is 14.7 Å². The summed E-state index contributed by atoms with van der Waals surface area (Å²) in [6.07, 6.45) is 0.781. The molecule has 1 aliphatic heterocycles. The monoisotopic (exact) mass is 343 g/mol. The molecule has 1 saturated heterocycles. The Morgan fingerprint density at radius 1 is 1.28 bits per heavy atom. The van der Waals surface area contributed by atoms with Crippen molar-refractivity contribution in [3.63, 3.8) is 0 Å². The minimum absolute atomic E-state index is 0.121. The summed E-state index contributed by atoms with van der Waals surface area (Å²) in [5.41, 5.74) is 1.87. The zero-order valence-corrected chi connectivity index (χ0v) is 15.6. The van der Waals surface area contributed by atoms with Crippen molar-refractivity contribution in [2.45, 2.75) is 58.5 Å². The molecule has 1 unspecified atom stereocenters. The molecule has 3 rings (SSSR count). The number of carbonyl (C=O) groups is 1. The molecule has 0 radical (unpaired) electrons. The number of halogens is 1. The Morgan fingerprint density at radius 3 is 2.44 bits per heavy atom. The van der Waals surface area contributed by atoms with Crippen LogP contribution in [0.4, 0.5) is 4.39 Å². The largest absolute Gasteiger partial charge is 0.330 e. The van der Waals surface area contributed by atoms with Gasteiger partial charge in [-0.25, -0.2) is 4.39 Å². The molecule has 0 N–H and O–H groups in total. The summed E-state index contributed by atoms with van der Waals surface area (Å²) >= 11 is 0. The Kier molecular flexibility index (Phi) is 4.43. The lowest BCUT2D eigenvalue weighted by Gasteiger charge is -2.41.